The van der Waals surface area contributed by atoms with Crippen LogP contribution in [-0.2, 0) is 22.4 Å². The Balaban J connectivity index is 1.64. The maximum atomic E-state index is 12.3. The highest BCUT2D eigenvalue weighted by atomic mass is 32.1. The van der Waals surface area contributed by atoms with E-state index in [1.807, 2.05) is 26.2 Å². The third kappa shape index (κ3) is 3.36. The van der Waals surface area contributed by atoms with Crippen molar-refractivity contribution in [2.24, 2.45) is 0 Å². The van der Waals surface area contributed by atoms with E-state index in [1.165, 1.54) is 11.1 Å². The normalized spacial score (nSPS) is 17.1. The summed E-state index contributed by atoms with van der Waals surface area (Å²) in [6.45, 7) is 3.30. The van der Waals surface area contributed by atoms with Crippen molar-refractivity contribution in [1.29, 1.82) is 0 Å². The molecule has 2 heterocycles. The van der Waals surface area contributed by atoms with Crippen LogP contribution in [-0.4, -0.2) is 36.0 Å². The van der Waals surface area contributed by atoms with Gasteiger partial charge in [0.25, 0.3) is 0 Å². The Morgan fingerprint density at radius 1 is 1.45 bits per heavy atom. The van der Waals surface area contributed by atoms with Gasteiger partial charge < -0.3 is 9.64 Å². The van der Waals surface area contributed by atoms with Gasteiger partial charge in [-0.3, -0.25) is 4.79 Å². The molecule has 1 atom stereocenters. The van der Waals surface area contributed by atoms with Gasteiger partial charge in [0, 0.05) is 18.1 Å². The first-order valence-corrected chi connectivity index (χ1v) is 8.30. The molecular formula is C17H20N2O2S. The molecule has 1 aliphatic heterocycles. The van der Waals surface area contributed by atoms with E-state index < -0.39 is 0 Å². The van der Waals surface area contributed by atoms with Gasteiger partial charge >= 0.3 is 0 Å². The Labute approximate surface area is 134 Å². The summed E-state index contributed by atoms with van der Waals surface area (Å²) in [5.41, 5.74) is 2.54. The Morgan fingerprint density at radius 3 is 3.05 bits per heavy atom. The molecule has 4 nitrogen and oxygen atoms in total. The maximum absolute atomic E-state index is 12.3. The number of thiazole rings is 1. The van der Waals surface area contributed by atoms with Crippen LogP contribution in [0.15, 0.2) is 30.5 Å². The zero-order valence-corrected chi connectivity index (χ0v) is 13.7. The molecule has 0 saturated heterocycles. The molecular weight excluding hydrogens is 296 g/mol. The molecule has 0 aliphatic carbocycles. The number of carbonyl (C=O) groups is 1. The number of aromatic nitrogens is 1. The lowest BCUT2D eigenvalue weighted by Gasteiger charge is -2.29. The second-order valence-corrected chi connectivity index (χ2v) is 6.94. The predicted octanol–water partition coefficient (Wildman–Crippen LogP) is 2.77. The van der Waals surface area contributed by atoms with Crippen molar-refractivity contribution in [3.05, 3.63) is 51.5 Å². The molecule has 22 heavy (non-hydrogen) atoms. The van der Waals surface area contributed by atoms with Gasteiger partial charge in [-0.2, -0.15) is 0 Å². The number of hydrogen-bond donors (Lipinski definition) is 0. The van der Waals surface area contributed by atoms with E-state index in [9.17, 15) is 4.79 Å². The molecule has 3 rings (SSSR count). The third-order valence-electron chi connectivity index (χ3n) is 3.93. The fourth-order valence-electron chi connectivity index (χ4n) is 2.73. The predicted molar refractivity (Wildman–Crippen MR) is 87.0 cm³/mol. The highest BCUT2D eigenvalue weighted by molar-refractivity contribution is 7.11. The molecule has 5 heteroatoms. The van der Waals surface area contributed by atoms with Gasteiger partial charge in [0.05, 0.1) is 19.6 Å². The van der Waals surface area contributed by atoms with Gasteiger partial charge in [-0.15, -0.1) is 11.3 Å². The lowest BCUT2D eigenvalue weighted by atomic mass is 9.97. The zero-order valence-electron chi connectivity index (χ0n) is 12.9. The highest BCUT2D eigenvalue weighted by Crippen LogP contribution is 2.27. The number of hydrogen-bond acceptors (Lipinski definition) is 4. The number of likely N-dealkylation sites (N-methyl/N-ethyl adjacent to an activating group) is 1. The summed E-state index contributed by atoms with van der Waals surface area (Å²) >= 11 is 1.58. The molecule has 116 valence electrons. The minimum Gasteiger partial charge on any atom is -0.371 e. The second kappa shape index (κ2) is 6.58. The van der Waals surface area contributed by atoms with Crippen LogP contribution in [0, 0.1) is 6.92 Å². The van der Waals surface area contributed by atoms with E-state index in [0.717, 1.165) is 22.9 Å². The minimum absolute atomic E-state index is 0.0306. The summed E-state index contributed by atoms with van der Waals surface area (Å²) in [5, 5.41) is 0.874. The SMILES string of the molecule is Cc1cnc(CC(=O)N(C)CC2OCCc3ccccc32)s1. The fraction of sp³-hybridized carbons (Fsp3) is 0.412. The Morgan fingerprint density at radius 2 is 2.27 bits per heavy atom. The van der Waals surface area contributed by atoms with E-state index in [1.54, 1.807) is 16.2 Å². The average molecular weight is 316 g/mol. The largest absolute Gasteiger partial charge is 0.371 e. The first kappa shape index (κ1) is 15.2. The summed E-state index contributed by atoms with van der Waals surface area (Å²) in [4.78, 5) is 19.5. The molecule has 2 aromatic rings. The van der Waals surface area contributed by atoms with Crippen molar-refractivity contribution in [3.8, 4) is 0 Å². The monoisotopic (exact) mass is 316 g/mol. The second-order valence-electron chi connectivity index (χ2n) is 5.62. The lowest BCUT2D eigenvalue weighted by molar-refractivity contribution is -0.131. The van der Waals surface area contributed by atoms with E-state index in [-0.39, 0.29) is 12.0 Å². The number of carbonyl (C=O) groups excluding carboxylic acids is 1. The van der Waals surface area contributed by atoms with Crippen LogP contribution in [0.25, 0.3) is 0 Å². The molecule has 1 amide bonds. The molecule has 1 aromatic carbocycles. The first-order valence-electron chi connectivity index (χ1n) is 7.48. The molecule has 1 aliphatic rings. The number of benzene rings is 1. The van der Waals surface area contributed by atoms with Crippen LogP contribution in [0.2, 0.25) is 0 Å². The Bertz CT molecular complexity index is 668. The highest BCUT2D eigenvalue weighted by Gasteiger charge is 2.23. The van der Waals surface area contributed by atoms with Gasteiger partial charge in [-0.1, -0.05) is 24.3 Å². The molecule has 1 aromatic heterocycles. The van der Waals surface area contributed by atoms with Crippen molar-refractivity contribution < 1.29 is 9.53 Å². The van der Waals surface area contributed by atoms with E-state index >= 15 is 0 Å². The Hall–Kier alpha value is -1.72. The summed E-state index contributed by atoms with van der Waals surface area (Å²) in [6.07, 6.45) is 3.09. The van der Waals surface area contributed by atoms with Gasteiger partial charge in [0.1, 0.15) is 11.1 Å². The molecule has 0 bridgehead atoms. The van der Waals surface area contributed by atoms with Crippen molar-refractivity contribution >= 4 is 17.2 Å². The number of rotatable bonds is 4. The smallest absolute Gasteiger partial charge is 0.229 e. The quantitative estimate of drug-likeness (QED) is 0.871. The van der Waals surface area contributed by atoms with Crippen molar-refractivity contribution in [3.63, 3.8) is 0 Å². The van der Waals surface area contributed by atoms with E-state index in [4.69, 9.17) is 4.74 Å². The van der Waals surface area contributed by atoms with E-state index in [2.05, 4.69) is 23.2 Å². The topological polar surface area (TPSA) is 42.4 Å². The molecule has 0 fully saturated rings. The van der Waals surface area contributed by atoms with Crippen LogP contribution >= 0.6 is 11.3 Å². The van der Waals surface area contributed by atoms with Crippen molar-refractivity contribution in [2.45, 2.75) is 25.9 Å². The fourth-order valence-corrected chi connectivity index (χ4v) is 3.50. The third-order valence-corrected chi connectivity index (χ3v) is 4.84. The van der Waals surface area contributed by atoms with Gasteiger partial charge in [-0.05, 0) is 24.5 Å². The van der Waals surface area contributed by atoms with Gasteiger partial charge in [0.2, 0.25) is 5.91 Å². The first-order chi connectivity index (χ1) is 10.6. The van der Waals surface area contributed by atoms with Gasteiger partial charge in [-0.25, -0.2) is 4.98 Å². The molecule has 1 unspecified atom stereocenters. The number of amides is 1. The molecule has 0 N–H and O–H groups in total. The van der Waals surface area contributed by atoms with Crippen molar-refractivity contribution in [2.75, 3.05) is 20.2 Å². The molecule has 0 radical (unpaired) electrons. The number of aryl methyl sites for hydroxylation is 1. The number of ether oxygens (including phenoxy) is 1. The Kier molecular flexibility index (Phi) is 4.55. The summed E-state index contributed by atoms with van der Waals surface area (Å²) in [5.74, 6) is 0.0843. The van der Waals surface area contributed by atoms with E-state index in [0.29, 0.717) is 13.0 Å². The molecule has 0 saturated carbocycles. The van der Waals surface area contributed by atoms with Crippen molar-refractivity contribution in [1.82, 2.24) is 9.88 Å². The zero-order chi connectivity index (χ0) is 15.5. The average Bonchev–Trinajstić information content (AvgIpc) is 2.92. The standard InChI is InChI=1S/C17H20N2O2S/c1-12-10-18-16(22-12)9-17(20)19(2)11-15-14-6-4-3-5-13(14)7-8-21-15/h3-6,10,15H,7-9,11H2,1-2H3. The van der Waals surface area contributed by atoms with Gasteiger partial charge in [0.15, 0.2) is 0 Å². The summed E-state index contributed by atoms with van der Waals surface area (Å²) in [6, 6.07) is 8.33. The minimum atomic E-state index is -0.0306. The summed E-state index contributed by atoms with van der Waals surface area (Å²) < 4.78 is 5.87. The van der Waals surface area contributed by atoms with Crippen LogP contribution in [0.5, 0.6) is 0 Å². The van der Waals surface area contributed by atoms with Crippen LogP contribution in [0.1, 0.15) is 27.1 Å². The number of fused-ring (bicyclic) bond motifs is 1. The maximum Gasteiger partial charge on any atom is 0.229 e. The van der Waals surface area contributed by atoms with Crippen LogP contribution < -0.4 is 0 Å². The number of nitrogens with zero attached hydrogens (tertiary/aromatic N) is 2. The van der Waals surface area contributed by atoms with Crippen LogP contribution in [0.3, 0.4) is 0 Å². The molecule has 0 spiro atoms. The summed E-state index contributed by atoms with van der Waals surface area (Å²) in [7, 11) is 1.84. The lowest BCUT2D eigenvalue weighted by Crippen LogP contribution is -2.34. The van der Waals surface area contributed by atoms with Crippen LogP contribution in [0.4, 0.5) is 0 Å².